The molecule has 3 heterocycles. The van der Waals surface area contributed by atoms with Crippen LogP contribution in [-0.2, 0) is 22.0 Å². The van der Waals surface area contributed by atoms with Crippen LogP contribution in [-0.4, -0.2) is 46.2 Å². The summed E-state index contributed by atoms with van der Waals surface area (Å²) in [5.74, 6) is -2.05. The van der Waals surface area contributed by atoms with E-state index in [1.807, 2.05) is 4.72 Å². The fraction of sp³-hybridized carbons (Fsp3) is 0.278. The van der Waals surface area contributed by atoms with Gasteiger partial charge in [0, 0.05) is 37.6 Å². The molecule has 3 atom stereocenters. The molecule has 2 N–H and O–H groups in total. The summed E-state index contributed by atoms with van der Waals surface area (Å²) in [6, 6.07) is -2.33. The first kappa shape index (κ1) is 15.4. The Bertz CT molecular complexity index is 1490. The van der Waals surface area contributed by atoms with Gasteiger partial charge in [-0.05, 0) is 24.6 Å². The number of aryl methyl sites for hydroxylation is 1. The minimum absolute atomic E-state index is 0.0588. The van der Waals surface area contributed by atoms with E-state index in [0.29, 0.717) is 4.31 Å². The number of benzene rings is 1. The van der Waals surface area contributed by atoms with Gasteiger partial charge in [-0.25, -0.2) is 14.4 Å². The van der Waals surface area contributed by atoms with Crippen LogP contribution in [0.15, 0.2) is 36.9 Å². The molecule has 2 aromatic heterocycles. The first-order chi connectivity index (χ1) is 17.0. The Morgan fingerprint density at radius 3 is 3.03 bits per heavy atom. The van der Waals surface area contributed by atoms with Crippen LogP contribution in [0, 0.1) is 5.82 Å². The fourth-order valence-electron chi connectivity index (χ4n) is 2.64. The molecule has 0 bridgehead atoms. The normalized spacial score (nSPS) is 31.5. The van der Waals surface area contributed by atoms with E-state index in [1.54, 1.807) is 0 Å². The molecule has 0 spiro atoms. The van der Waals surface area contributed by atoms with Crippen molar-refractivity contribution in [2.75, 3.05) is 12.4 Å². The molecule has 0 saturated carbocycles. The van der Waals surface area contributed by atoms with Crippen LogP contribution < -0.4 is 10.0 Å². The third-order valence-electron chi connectivity index (χ3n) is 4.20. The Kier molecular flexibility index (Phi) is 4.12. The highest BCUT2D eigenvalue weighted by atomic mass is 35.5. The molecule has 31 heavy (non-hydrogen) atoms. The maximum atomic E-state index is 13.5. The molecule has 1 fully saturated rings. The summed E-state index contributed by atoms with van der Waals surface area (Å²) < 4.78 is 91.2. The van der Waals surface area contributed by atoms with Gasteiger partial charge in [-0.2, -0.15) is 17.4 Å². The second kappa shape index (κ2) is 8.28. The van der Waals surface area contributed by atoms with Gasteiger partial charge in [0.05, 0.1) is 30.7 Å². The van der Waals surface area contributed by atoms with Crippen molar-refractivity contribution in [1.82, 2.24) is 23.6 Å². The summed E-state index contributed by atoms with van der Waals surface area (Å²) in [6.07, 6.45) is 1.41. The molecular formula is C18H18ClFN6O3S2. The zero-order chi connectivity index (χ0) is 27.6. The van der Waals surface area contributed by atoms with E-state index in [-0.39, 0.29) is 26.3 Å². The first-order valence-corrected chi connectivity index (χ1v) is 11.1. The van der Waals surface area contributed by atoms with Crippen LogP contribution in [0.25, 0.3) is 10.6 Å². The number of thiazole rings is 1. The third kappa shape index (κ3) is 4.48. The van der Waals surface area contributed by atoms with Crippen LogP contribution in [0.3, 0.4) is 0 Å². The number of carbonyl (C=O) groups is 1. The zero-order valence-electron chi connectivity index (χ0n) is 21.6. The van der Waals surface area contributed by atoms with Crippen LogP contribution in [0.4, 0.5) is 10.1 Å². The molecular weight excluding hydrogens is 467 g/mol. The smallest absolute Gasteiger partial charge is 0.280 e. The fourth-order valence-corrected chi connectivity index (χ4v) is 4.70. The average Bonchev–Trinajstić information content (AvgIpc) is 3.48. The number of nitrogens with one attached hydrogen (secondary N) is 2. The maximum absolute atomic E-state index is 13.5. The summed E-state index contributed by atoms with van der Waals surface area (Å²) in [5, 5.41) is 1.64. The van der Waals surface area contributed by atoms with E-state index >= 15 is 0 Å². The lowest BCUT2D eigenvalue weighted by molar-refractivity contribution is -0.120. The van der Waals surface area contributed by atoms with E-state index in [2.05, 4.69) is 15.3 Å². The number of imidazole rings is 1. The van der Waals surface area contributed by atoms with Crippen molar-refractivity contribution in [2.45, 2.75) is 18.4 Å². The third-order valence-corrected chi connectivity index (χ3v) is 6.94. The summed E-state index contributed by atoms with van der Waals surface area (Å²) in [7, 11) is -3.76. The predicted octanol–water partition coefficient (Wildman–Crippen LogP) is 2.55. The Labute approximate surface area is 195 Å². The predicted molar refractivity (Wildman–Crippen MR) is 115 cm³/mol. The molecule has 1 amide bonds. The minimum atomic E-state index is -4.67. The van der Waals surface area contributed by atoms with Gasteiger partial charge in [-0.3, -0.25) is 4.79 Å². The van der Waals surface area contributed by atoms with Crippen molar-refractivity contribution in [1.29, 1.82) is 0 Å². The van der Waals surface area contributed by atoms with E-state index in [4.69, 9.17) is 19.8 Å². The molecule has 1 aromatic carbocycles. The number of carbonyl (C=O) groups excluding carboxylic acids is 1. The van der Waals surface area contributed by atoms with Crippen molar-refractivity contribution in [3.63, 3.8) is 0 Å². The Hall–Kier alpha value is -2.38. The van der Waals surface area contributed by atoms with Crippen molar-refractivity contribution >= 4 is 44.7 Å². The Morgan fingerprint density at radius 2 is 2.32 bits per heavy atom. The van der Waals surface area contributed by atoms with Crippen LogP contribution in [0.5, 0.6) is 0 Å². The lowest BCUT2D eigenvalue weighted by atomic mass is 10.1. The van der Waals surface area contributed by atoms with Crippen LogP contribution in [0.1, 0.15) is 25.6 Å². The number of nitrogens with zero attached hydrogens (tertiary/aromatic N) is 4. The van der Waals surface area contributed by atoms with E-state index in [9.17, 15) is 17.6 Å². The number of anilines is 1. The molecule has 4 rings (SSSR count). The SMILES string of the molecule is [2H]C1C([2H])(c2ncc(-c3cn(C([2H])([2H])[2H])cn3)s2)NS(=O)(=O)N(C)C1([2H])C(=O)Nc1ccc(F)c(Cl)c1. The van der Waals surface area contributed by atoms with E-state index in [1.165, 1.54) is 12.4 Å². The summed E-state index contributed by atoms with van der Waals surface area (Å²) >= 11 is 6.47. The topological polar surface area (TPSA) is 109 Å². The number of likely N-dealkylation sites (N-methyl/N-ethyl adjacent to an activating group) is 1. The van der Waals surface area contributed by atoms with Gasteiger partial charge in [0.15, 0.2) is 0 Å². The van der Waals surface area contributed by atoms with Gasteiger partial charge in [-0.15, -0.1) is 11.3 Å². The van der Waals surface area contributed by atoms with Crippen LogP contribution in [0.2, 0.25) is 5.02 Å². The zero-order valence-corrected chi connectivity index (χ0v) is 18.0. The van der Waals surface area contributed by atoms with Gasteiger partial charge in [0.25, 0.3) is 10.2 Å². The molecule has 1 saturated heterocycles. The molecule has 0 radical (unpaired) electrons. The number of hydrogen-bond acceptors (Lipinski definition) is 6. The average molecular weight is 491 g/mol. The molecule has 0 aliphatic carbocycles. The second-order valence-electron chi connectivity index (χ2n) is 6.30. The number of rotatable bonds is 4. The monoisotopic (exact) mass is 490 g/mol. The molecule has 164 valence electrons. The Balaban J connectivity index is 1.72. The van der Waals surface area contributed by atoms with Gasteiger partial charge < -0.3 is 9.88 Å². The number of halogens is 2. The van der Waals surface area contributed by atoms with Crippen LogP contribution >= 0.6 is 22.9 Å². The number of aromatic nitrogens is 3. The van der Waals surface area contributed by atoms with Gasteiger partial charge >= 0.3 is 0 Å². The molecule has 1 aliphatic rings. The quantitative estimate of drug-likeness (QED) is 0.584. The largest absolute Gasteiger partial charge is 0.340 e. The van der Waals surface area contributed by atoms with Gasteiger partial charge in [-0.1, -0.05) is 11.6 Å². The van der Waals surface area contributed by atoms with E-state index < -0.39 is 47.3 Å². The second-order valence-corrected chi connectivity index (χ2v) is 9.44. The van der Waals surface area contributed by atoms with Gasteiger partial charge in [0.1, 0.15) is 16.8 Å². The highest BCUT2D eigenvalue weighted by Gasteiger charge is 2.41. The van der Waals surface area contributed by atoms with Gasteiger partial charge in [0.2, 0.25) is 5.91 Å². The lowest BCUT2D eigenvalue weighted by Gasteiger charge is -2.35. The lowest BCUT2D eigenvalue weighted by Crippen LogP contribution is -2.55. The summed E-state index contributed by atoms with van der Waals surface area (Å²) in [6.45, 7) is -2.49. The summed E-state index contributed by atoms with van der Waals surface area (Å²) in [5.41, 5.74) is 0.111. The molecule has 13 heteroatoms. The maximum Gasteiger partial charge on any atom is 0.280 e. The molecule has 9 nitrogen and oxygen atoms in total. The van der Waals surface area contributed by atoms with Crippen molar-refractivity contribution < 1.29 is 25.8 Å². The highest BCUT2D eigenvalue weighted by molar-refractivity contribution is 7.87. The standard InChI is InChI=1S/C18H18ClFN6O3S2/c1-25-8-14(22-9-25)16-7-21-18(30-16)13-6-15(26(2)31(28,29)24-13)17(27)23-10-3-4-12(20)11(19)5-10/h3-5,7-9,13,15,24H,6H2,1-2H3,(H,23,27)/i1D3,6D,13D,15D. The summed E-state index contributed by atoms with van der Waals surface area (Å²) in [4.78, 5) is 21.5. The van der Waals surface area contributed by atoms with E-state index in [0.717, 1.165) is 47.5 Å². The van der Waals surface area contributed by atoms with Crippen molar-refractivity contribution in [3.05, 3.63) is 52.8 Å². The number of amides is 1. The molecule has 3 aromatic rings. The van der Waals surface area contributed by atoms with Crippen molar-refractivity contribution in [3.8, 4) is 10.6 Å². The van der Waals surface area contributed by atoms with Crippen molar-refractivity contribution in [2.24, 2.45) is 6.98 Å². The minimum Gasteiger partial charge on any atom is -0.340 e. The number of hydrogen-bond donors (Lipinski definition) is 2. The highest BCUT2D eigenvalue weighted by Crippen LogP contribution is 2.34. The molecule has 3 unspecified atom stereocenters. The Morgan fingerprint density at radius 1 is 1.52 bits per heavy atom. The first-order valence-electron chi connectivity index (χ1n) is 11.6. The molecule has 1 aliphatic heterocycles.